The summed E-state index contributed by atoms with van der Waals surface area (Å²) in [7, 11) is 0. The van der Waals surface area contributed by atoms with Gasteiger partial charge in [0.2, 0.25) is 5.91 Å². The van der Waals surface area contributed by atoms with E-state index in [1.807, 2.05) is 6.92 Å². The molecule has 0 spiro atoms. The number of fused-ring (bicyclic) bond motifs is 1. The van der Waals surface area contributed by atoms with Crippen LogP contribution < -0.4 is 15.4 Å². The van der Waals surface area contributed by atoms with Crippen molar-refractivity contribution in [3.63, 3.8) is 0 Å². The minimum atomic E-state index is -0.643. The van der Waals surface area contributed by atoms with Crippen LogP contribution in [0.25, 0.3) is 0 Å². The summed E-state index contributed by atoms with van der Waals surface area (Å²) in [5.74, 6) is -0.346. The monoisotopic (exact) mass is 386 g/mol. The summed E-state index contributed by atoms with van der Waals surface area (Å²) in [4.78, 5) is 36.6. The largest absolute Gasteiger partial charge is 0.492 e. The summed E-state index contributed by atoms with van der Waals surface area (Å²) in [6, 6.07) is 11.9. The number of carbonyl (C=O) groups excluding carboxylic acids is 3. The number of rotatable bonds is 6. The normalized spacial score (nSPS) is 12.6. The second-order valence-corrected chi connectivity index (χ2v) is 6.62. The molecule has 2 N–H and O–H groups in total. The molecule has 7 nitrogen and oxygen atoms in total. The standard InChI is InChI=1S/C19H18N2O5S/c1-2-25-15-6-4-3-5-13(15)20-17(22)10-26-19(24)12-7-8-16-14(9-12)21-18(23)11-27-16/h3-9H,2,10-11H2,1H3,(H,20,22)(H,21,23). The van der Waals surface area contributed by atoms with Crippen molar-refractivity contribution >= 4 is 40.9 Å². The Morgan fingerprint density at radius 1 is 1.22 bits per heavy atom. The minimum Gasteiger partial charge on any atom is -0.492 e. The fraction of sp³-hybridized carbons (Fsp3) is 0.211. The smallest absolute Gasteiger partial charge is 0.338 e. The molecule has 2 aromatic carbocycles. The number of hydrogen-bond donors (Lipinski definition) is 2. The Bertz CT molecular complexity index is 884. The molecule has 140 valence electrons. The Hall–Kier alpha value is -3.00. The lowest BCUT2D eigenvalue weighted by Gasteiger charge is -2.16. The zero-order chi connectivity index (χ0) is 19.2. The fourth-order valence-electron chi connectivity index (χ4n) is 2.46. The van der Waals surface area contributed by atoms with E-state index in [4.69, 9.17) is 9.47 Å². The van der Waals surface area contributed by atoms with Crippen molar-refractivity contribution in [1.82, 2.24) is 0 Å². The van der Waals surface area contributed by atoms with E-state index in [-0.39, 0.29) is 11.5 Å². The lowest BCUT2D eigenvalue weighted by molar-refractivity contribution is -0.119. The van der Waals surface area contributed by atoms with E-state index in [2.05, 4.69) is 10.6 Å². The van der Waals surface area contributed by atoms with E-state index in [1.165, 1.54) is 11.8 Å². The average Bonchev–Trinajstić information content (AvgIpc) is 2.67. The molecule has 2 amide bonds. The van der Waals surface area contributed by atoms with E-state index >= 15 is 0 Å². The van der Waals surface area contributed by atoms with Gasteiger partial charge < -0.3 is 20.1 Å². The van der Waals surface area contributed by atoms with Crippen LogP contribution in [0.2, 0.25) is 0 Å². The summed E-state index contributed by atoms with van der Waals surface area (Å²) in [6.07, 6.45) is 0. The van der Waals surface area contributed by atoms with Crippen LogP contribution in [0.5, 0.6) is 5.75 Å². The average molecular weight is 386 g/mol. The zero-order valence-corrected chi connectivity index (χ0v) is 15.4. The molecule has 0 atom stereocenters. The number of benzene rings is 2. The van der Waals surface area contributed by atoms with Crippen LogP contribution in [0.3, 0.4) is 0 Å². The molecule has 3 rings (SSSR count). The quantitative estimate of drug-likeness (QED) is 0.742. The van der Waals surface area contributed by atoms with Crippen LogP contribution in [-0.4, -0.2) is 36.8 Å². The molecule has 1 heterocycles. The first kappa shape index (κ1) is 18.8. The van der Waals surface area contributed by atoms with Crippen molar-refractivity contribution in [3.8, 4) is 5.75 Å². The Labute approximate surface area is 160 Å². The van der Waals surface area contributed by atoms with Crippen LogP contribution in [0, 0.1) is 0 Å². The first-order valence-electron chi connectivity index (χ1n) is 8.32. The maximum Gasteiger partial charge on any atom is 0.338 e. The third-order valence-electron chi connectivity index (χ3n) is 3.64. The van der Waals surface area contributed by atoms with Gasteiger partial charge in [0.1, 0.15) is 5.75 Å². The number of anilines is 2. The van der Waals surface area contributed by atoms with Gasteiger partial charge in [-0.15, -0.1) is 11.8 Å². The van der Waals surface area contributed by atoms with Gasteiger partial charge in [-0.3, -0.25) is 9.59 Å². The van der Waals surface area contributed by atoms with Crippen LogP contribution in [0.4, 0.5) is 11.4 Å². The molecular weight excluding hydrogens is 368 g/mol. The molecule has 0 aliphatic carbocycles. The summed E-state index contributed by atoms with van der Waals surface area (Å²) < 4.78 is 10.5. The summed E-state index contributed by atoms with van der Waals surface area (Å²) in [6.45, 7) is 1.88. The summed E-state index contributed by atoms with van der Waals surface area (Å²) in [5.41, 5.74) is 1.34. The number of nitrogens with one attached hydrogen (secondary N) is 2. The predicted molar refractivity (Wildman–Crippen MR) is 102 cm³/mol. The van der Waals surface area contributed by atoms with Crippen molar-refractivity contribution in [2.45, 2.75) is 11.8 Å². The molecule has 0 saturated carbocycles. The van der Waals surface area contributed by atoms with E-state index in [1.54, 1.807) is 42.5 Å². The van der Waals surface area contributed by atoms with Gasteiger partial charge in [-0.1, -0.05) is 12.1 Å². The first-order valence-corrected chi connectivity index (χ1v) is 9.31. The Kier molecular flexibility index (Phi) is 5.97. The van der Waals surface area contributed by atoms with E-state index in [0.29, 0.717) is 29.5 Å². The van der Waals surface area contributed by atoms with Gasteiger partial charge in [0.25, 0.3) is 5.91 Å². The maximum absolute atomic E-state index is 12.2. The number of esters is 1. The molecule has 0 radical (unpaired) electrons. The molecule has 27 heavy (non-hydrogen) atoms. The van der Waals surface area contributed by atoms with Gasteiger partial charge in [-0.2, -0.15) is 0 Å². The highest BCUT2D eigenvalue weighted by Crippen LogP contribution is 2.32. The lowest BCUT2D eigenvalue weighted by Crippen LogP contribution is -2.22. The number of ether oxygens (including phenoxy) is 2. The highest BCUT2D eigenvalue weighted by molar-refractivity contribution is 8.00. The number of hydrogen-bond acceptors (Lipinski definition) is 6. The zero-order valence-electron chi connectivity index (χ0n) is 14.6. The van der Waals surface area contributed by atoms with Crippen molar-refractivity contribution in [2.75, 3.05) is 29.6 Å². The van der Waals surface area contributed by atoms with Gasteiger partial charge in [0, 0.05) is 4.90 Å². The maximum atomic E-state index is 12.2. The third-order valence-corrected chi connectivity index (χ3v) is 4.72. The van der Waals surface area contributed by atoms with Crippen molar-refractivity contribution in [3.05, 3.63) is 48.0 Å². The Balaban J connectivity index is 1.58. The number of para-hydroxylation sites is 2. The molecule has 0 unspecified atom stereocenters. The van der Waals surface area contributed by atoms with Gasteiger partial charge >= 0.3 is 5.97 Å². The fourth-order valence-corrected chi connectivity index (χ4v) is 3.25. The highest BCUT2D eigenvalue weighted by Gasteiger charge is 2.18. The van der Waals surface area contributed by atoms with Crippen molar-refractivity contribution < 1.29 is 23.9 Å². The predicted octanol–water partition coefficient (Wildman–Crippen LogP) is 2.93. The molecule has 0 aromatic heterocycles. The van der Waals surface area contributed by atoms with Crippen molar-refractivity contribution in [2.24, 2.45) is 0 Å². The molecule has 0 saturated heterocycles. The van der Waals surface area contributed by atoms with Gasteiger partial charge in [0.15, 0.2) is 6.61 Å². The summed E-state index contributed by atoms with van der Waals surface area (Å²) >= 11 is 1.40. The molecule has 1 aliphatic rings. The number of amides is 2. The molecule has 8 heteroatoms. The second kappa shape index (κ2) is 8.59. The van der Waals surface area contributed by atoms with Crippen molar-refractivity contribution in [1.29, 1.82) is 0 Å². The molecule has 0 fully saturated rings. The van der Waals surface area contributed by atoms with Gasteiger partial charge in [-0.05, 0) is 37.3 Å². The highest BCUT2D eigenvalue weighted by atomic mass is 32.2. The SMILES string of the molecule is CCOc1ccccc1NC(=O)COC(=O)c1ccc2c(c1)NC(=O)CS2. The third kappa shape index (κ3) is 4.79. The Morgan fingerprint density at radius 2 is 2.04 bits per heavy atom. The van der Waals surface area contributed by atoms with E-state index < -0.39 is 18.5 Å². The van der Waals surface area contributed by atoms with Crippen LogP contribution in [0.1, 0.15) is 17.3 Å². The summed E-state index contributed by atoms with van der Waals surface area (Å²) in [5, 5.41) is 5.37. The topological polar surface area (TPSA) is 93.7 Å². The second-order valence-electron chi connectivity index (χ2n) is 5.60. The molecule has 0 bridgehead atoms. The molecule has 1 aliphatic heterocycles. The molecule has 2 aromatic rings. The lowest BCUT2D eigenvalue weighted by atomic mass is 10.2. The van der Waals surface area contributed by atoms with Gasteiger partial charge in [0.05, 0.1) is 29.3 Å². The number of carbonyl (C=O) groups is 3. The van der Waals surface area contributed by atoms with E-state index in [9.17, 15) is 14.4 Å². The minimum absolute atomic E-state index is 0.120. The first-order chi connectivity index (χ1) is 13.1. The van der Waals surface area contributed by atoms with Crippen LogP contribution in [-0.2, 0) is 14.3 Å². The van der Waals surface area contributed by atoms with Crippen LogP contribution in [0.15, 0.2) is 47.4 Å². The van der Waals surface area contributed by atoms with Gasteiger partial charge in [-0.25, -0.2) is 4.79 Å². The Morgan fingerprint density at radius 3 is 2.85 bits per heavy atom. The van der Waals surface area contributed by atoms with E-state index in [0.717, 1.165) is 4.90 Å². The number of thioether (sulfide) groups is 1. The van der Waals surface area contributed by atoms with Crippen LogP contribution >= 0.6 is 11.8 Å². The molecular formula is C19H18N2O5S.